The molecular weight excluding hydrogens is 334 g/mol. The fourth-order valence-corrected chi connectivity index (χ4v) is 1.85. The number of aromatic nitrogens is 3. The van der Waals surface area contributed by atoms with Crippen molar-refractivity contribution in [2.24, 2.45) is 5.73 Å². The van der Waals surface area contributed by atoms with E-state index in [1.807, 2.05) is 12.1 Å². The Balaban J connectivity index is 0.00000288. The van der Waals surface area contributed by atoms with E-state index in [2.05, 4.69) is 20.5 Å². The van der Waals surface area contributed by atoms with Gasteiger partial charge in [0.2, 0.25) is 5.91 Å². The van der Waals surface area contributed by atoms with E-state index >= 15 is 0 Å². The van der Waals surface area contributed by atoms with Crippen LogP contribution in [0.2, 0.25) is 0 Å². The predicted molar refractivity (Wildman–Crippen MR) is 92.9 cm³/mol. The zero-order valence-electron chi connectivity index (χ0n) is 13.4. The van der Waals surface area contributed by atoms with Crippen LogP contribution in [0, 0.1) is 0 Å². The lowest BCUT2D eigenvalue weighted by molar-refractivity contribution is -0.117. The molecule has 24 heavy (non-hydrogen) atoms. The summed E-state index contributed by atoms with van der Waals surface area (Å²) in [5.74, 6) is 1.11. The Morgan fingerprint density at radius 2 is 2.00 bits per heavy atom. The van der Waals surface area contributed by atoms with Gasteiger partial charge in [0.25, 0.3) is 0 Å². The maximum Gasteiger partial charge on any atom is 0.226 e. The lowest BCUT2D eigenvalue weighted by Crippen LogP contribution is -2.15. The fourth-order valence-electron chi connectivity index (χ4n) is 1.85. The molecule has 4 N–H and O–H groups in total. The van der Waals surface area contributed by atoms with E-state index in [4.69, 9.17) is 15.2 Å². The number of benzene rings is 1. The minimum Gasteiger partial charge on any atom is -0.382 e. The van der Waals surface area contributed by atoms with Crippen LogP contribution in [0.5, 0.6) is 0 Å². The molecule has 0 fully saturated rings. The number of carbonyl (C=O) groups excluding carboxylic acids is 1. The molecule has 0 saturated carbocycles. The monoisotopic (exact) mass is 355 g/mol. The van der Waals surface area contributed by atoms with E-state index in [9.17, 15) is 4.79 Å². The average Bonchev–Trinajstić information content (AvgIpc) is 3.04. The number of hydrogen-bond acceptors (Lipinski definition) is 6. The Morgan fingerprint density at radius 1 is 1.25 bits per heavy atom. The van der Waals surface area contributed by atoms with Gasteiger partial charge in [-0.1, -0.05) is 0 Å². The number of hydrogen-bond donors (Lipinski definition) is 3. The molecule has 9 heteroatoms. The molecule has 0 aliphatic heterocycles. The van der Waals surface area contributed by atoms with Crippen molar-refractivity contribution >= 4 is 24.0 Å². The Morgan fingerprint density at radius 3 is 2.62 bits per heavy atom. The summed E-state index contributed by atoms with van der Waals surface area (Å²) < 4.78 is 10.1. The third-order valence-electron chi connectivity index (χ3n) is 3.06. The van der Waals surface area contributed by atoms with Gasteiger partial charge < -0.3 is 20.5 Å². The number of aromatic amines is 1. The van der Waals surface area contributed by atoms with Gasteiger partial charge in [-0.3, -0.25) is 9.89 Å². The van der Waals surface area contributed by atoms with Crippen molar-refractivity contribution in [1.29, 1.82) is 0 Å². The van der Waals surface area contributed by atoms with E-state index in [1.165, 1.54) is 0 Å². The number of anilines is 1. The predicted octanol–water partition coefficient (Wildman–Crippen LogP) is 1.34. The largest absolute Gasteiger partial charge is 0.382 e. The number of amides is 1. The molecule has 1 aromatic heterocycles. The number of ether oxygens (including phenoxy) is 2. The second-order valence-electron chi connectivity index (χ2n) is 4.79. The summed E-state index contributed by atoms with van der Waals surface area (Å²) >= 11 is 0. The molecule has 0 radical (unpaired) electrons. The Kier molecular flexibility index (Phi) is 8.95. The second kappa shape index (κ2) is 10.7. The molecule has 2 rings (SSSR count). The number of halogens is 1. The second-order valence-corrected chi connectivity index (χ2v) is 4.79. The van der Waals surface area contributed by atoms with Crippen LogP contribution in [0.4, 0.5) is 5.69 Å². The average molecular weight is 356 g/mol. The molecule has 0 aliphatic rings. The zero-order chi connectivity index (χ0) is 16.5. The zero-order valence-corrected chi connectivity index (χ0v) is 14.3. The van der Waals surface area contributed by atoms with E-state index in [0.29, 0.717) is 50.1 Å². The van der Waals surface area contributed by atoms with Crippen molar-refractivity contribution in [3.8, 4) is 11.4 Å². The number of nitrogens with two attached hydrogens (primary N) is 1. The van der Waals surface area contributed by atoms with Crippen LogP contribution >= 0.6 is 12.4 Å². The van der Waals surface area contributed by atoms with Crippen molar-refractivity contribution in [3.05, 3.63) is 30.1 Å². The van der Waals surface area contributed by atoms with Gasteiger partial charge in [0.05, 0.1) is 32.8 Å². The van der Waals surface area contributed by atoms with Crippen LogP contribution in [0.1, 0.15) is 12.2 Å². The van der Waals surface area contributed by atoms with Gasteiger partial charge in [-0.2, -0.15) is 5.10 Å². The third kappa shape index (κ3) is 6.25. The molecule has 0 atom stereocenters. The fraction of sp³-hybridized carbons (Fsp3) is 0.400. The molecule has 1 heterocycles. The highest BCUT2D eigenvalue weighted by atomic mass is 35.5. The maximum atomic E-state index is 11.8. The first-order chi connectivity index (χ1) is 11.2. The van der Waals surface area contributed by atoms with Gasteiger partial charge in [-0.05, 0) is 24.3 Å². The van der Waals surface area contributed by atoms with Crippen molar-refractivity contribution in [2.45, 2.75) is 13.0 Å². The summed E-state index contributed by atoms with van der Waals surface area (Å²) in [5.41, 5.74) is 7.05. The molecule has 1 aromatic carbocycles. The van der Waals surface area contributed by atoms with Crippen LogP contribution in [0.25, 0.3) is 11.4 Å². The summed E-state index contributed by atoms with van der Waals surface area (Å²) in [6.45, 7) is 1.69. The lowest BCUT2D eigenvalue weighted by Gasteiger charge is -2.06. The number of H-pyrrole nitrogens is 1. The Labute approximate surface area is 146 Å². The molecule has 0 bridgehead atoms. The quantitative estimate of drug-likeness (QED) is 0.585. The first-order valence-electron chi connectivity index (χ1n) is 7.31. The van der Waals surface area contributed by atoms with Gasteiger partial charge in [0.1, 0.15) is 5.82 Å². The molecule has 0 spiro atoms. The summed E-state index contributed by atoms with van der Waals surface area (Å²) in [4.78, 5) is 16.0. The minimum absolute atomic E-state index is 0. The SMILES string of the molecule is COCCOCCC(=O)Nc1ccc(-c2n[nH]c(CN)n2)cc1.Cl. The summed E-state index contributed by atoms with van der Waals surface area (Å²) in [6, 6.07) is 7.29. The summed E-state index contributed by atoms with van der Waals surface area (Å²) in [6.07, 6.45) is 0.298. The van der Waals surface area contributed by atoms with E-state index in [-0.39, 0.29) is 18.3 Å². The molecule has 8 nitrogen and oxygen atoms in total. The first-order valence-corrected chi connectivity index (χ1v) is 7.31. The third-order valence-corrected chi connectivity index (χ3v) is 3.06. The minimum atomic E-state index is -0.0986. The highest BCUT2D eigenvalue weighted by molar-refractivity contribution is 5.90. The van der Waals surface area contributed by atoms with Crippen molar-refractivity contribution in [2.75, 3.05) is 32.2 Å². The molecule has 132 valence electrons. The van der Waals surface area contributed by atoms with Crippen molar-refractivity contribution in [3.63, 3.8) is 0 Å². The molecule has 0 aliphatic carbocycles. The standard InChI is InChI=1S/C15H21N5O3.ClH/c1-22-8-9-23-7-6-14(21)17-12-4-2-11(3-5-12)15-18-13(10-16)19-20-15;/h2-5H,6-10,16H2,1H3,(H,17,21)(H,18,19,20);1H. The van der Waals surface area contributed by atoms with Crippen LogP contribution in [-0.4, -0.2) is 48.0 Å². The number of carbonyl (C=O) groups is 1. The van der Waals surface area contributed by atoms with Crippen LogP contribution in [0.3, 0.4) is 0 Å². The van der Waals surface area contributed by atoms with Crippen molar-refractivity contribution in [1.82, 2.24) is 15.2 Å². The van der Waals surface area contributed by atoms with Gasteiger partial charge in [-0.25, -0.2) is 4.98 Å². The highest BCUT2D eigenvalue weighted by Crippen LogP contribution is 2.18. The lowest BCUT2D eigenvalue weighted by atomic mass is 10.2. The smallest absolute Gasteiger partial charge is 0.226 e. The van der Waals surface area contributed by atoms with Gasteiger partial charge in [0, 0.05) is 18.4 Å². The Hall–Kier alpha value is -2.00. The molecule has 2 aromatic rings. The maximum absolute atomic E-state index is 11.8. The number of rotatable bonds is 9. The van der Waals surface area contributed by atoms with Gasteiger partial charge in [0.15, 0.2) is 5.82 Å². The number of nitrogens with zero attached hydrogens (tertiary/aromatic N) is 2. The van der Waals surface area contributed by atoms with E-state index in [0.717, 1.165) is 5.56 Å². The molecular formula is C15H22ClN5O3. The van der Waals surface area contributed by atoms with Crippen molar-refractivity contribution < 1.29 is 14.3 Å². The van der Waals surface area contributed by atoms with Crippen LogP contribution in [0.15, 0.2) is 24.3 Å². The van der Waals surface area contributed by atoms with Gasteiger partial charge in [-0.15, -0.1) is 12.4 Å². The first kappa shape index (κ1) is 20.0. The van der Waals surface area contributed by atoms with Crippen LogP contribution in [-0.2, 0) is 20.8 Å². The normalized spacial score (nSPS) is 10.2. The molecule has 1 amide bonds. The van der Waals surface area contributed by atoms with Crippen LogP contribution < -0.4 is 11.1 Å². The number of nitrogens with one attached hydrogen (secondary N) is 2. The molecule has 0 saturated heterocycles. The Bertz CT molecular complexity index is 618. The van der Waals surface area contributed by atoms with Gasteiger partial charge >= 0.3 is 0 Å². The van der Waals surface area contributed by atoms with E-state index in [1.54, 1.807) is 19.2 Å². The summed E-state index contributed by atoms with van der Waals surface area (Å²) in [5, 5.41) is 9.65. The highest BCUT2D eigenvalue weighted by Gasteiger charge is 2.06. The molecule has 0 unspecified atom stereocenters. The van der Waals surface area contributed by atoms with E-state index < -0.39 is 0 Å². The topological polar surface area (TPSA) is 115 Å². The summed E-state index contributed by atoms with van der Waals surface area (Å²) in [7, 11) is 1.61. The number of methoxy groups -OCH3 is 1.